The van der Waals surface area contributed by atoms with Crippen molar-refractivity contribution in [2.75, 3.05) is 7.05 Å². The van der Waals surface area contributed by atoms with Crippen LogP contribution >= 0.6 is 15.9 Å². The van der Waals surface area contributed by atoms with Crippen LogP contribution in [-0.4, -0.2) is 22.8 Å². The average Bonchev–Trinajstić information content (AvgIpc) is 2.47. The summed E-state index contributed by atoms with van der Waals surface area (Å²) >= 11 is 3.40. The van der Waals surface area contributed by atoms with Gasteiger partial charge < -0.3 is 5.32 Å². The number of nitrogens with two attached hydrogens (primary N) is 1. The summed E-state index contributed by atoms with van der Waals surface area (Å²) in [6, 6.07) is 0. The Bertz CT molecular complexity index is 331. The molecule has 0 aliphatic carbocycles. The van der Waals surface area contributed by atoms with Crippen LogP contribution in [0.4, 0.5) is 0 Å². The zero-order valence-corrected chi connectivity index (χ0v) is 9.67. The minimum atomic E-state index is 0.530. The van der Waals surface area contributed by atoms with Gasteiger partial charge in [-0.2, -0.15) is 5.10 Å². The quantitative estimate of drug-likeness (QED) is 0.296. The largest absolute Gasteiger partial charge is 0.350 e. The molecular weight excluding hydrogens is 248 g/mol. The van der Waals surface area contributed by atoms with Gasteiger partial charge in [0.1, 0.15) is 0 Å². The summed E-state index contributed by atoms with van der Waals surface area (Å²) in [6.45, 7) is 0.568. The Morgan fingerprint density at radius 3 is 2.93 bits per heavy atom. The molecule has 14 heavy (non-hydrogen) atoms. The molecule has 1 rings (SSSR count). The summed E-state index contributed by atoms with van der Waals surface area (Å²) in [6.07, 6.45) is 1.88. The fourth-order valence-electron chi connectivity index (χ4n) is 0.987. The van der Waals surface area contributed by atoms with Gasteiger partial charge in [-0.15, -0.1) is 0 Å². The first-order chi connectivity index (χ1) is 6.67. The maximum Gasteiger partial charge on any atom is 0.205 e. The smallest absolute Gasteiger partial charge is 0.205 e. The second-order valence-electron chi connectivity index (χ2n) is 2.67. The van der Waals surface area contributed by atoms with Gasteiger partial charge in [-0.05, 0) is 15.9 Å². The molecule has 78 valence electrons. The molecule has 4 N–H and O–H groups in total. The number of halogens is 1. The molecule has 0 atom stereocenters. The van der Waals surface area contributed by atoms with Crippen LogP contribution < -0.4 is 16.6 Å². The number of nitrogens with one attached hydrogen (secondary N) is 2. The van der Waals surface area contributed by atoms with E-state index in [4.69, 9.17) is 5.84 Å². The summed E-state index contributed by atoms with van der Waals surface area (Å²) < 4.78 is 2.69. The number of aromatic nitrogens is 2. The number of hydrogen-bond acceptors (Lipinski definition) is 3. The van der Waals surface area contributed by atoms with Gasteiger partial charge in [0.05, 0.1) is 16.7 Å². The van der Waals surface area contributed by atoms with E-state index in [-0.39, 0.29) is 0 Å². The molecule has 0 aliphatic heterocycles. The van der Waals surface area contributed by atoms with E-state index in [9.17, 15) is 0 Å². The number of hydrogen-bond donors (Lipinski definition) is 3. The van der Waals surface area contributed by atoms with E-state index in [1.165, 1.54) is 0 Å². The molecule has 0 spiro atoms. The van der Waals surface area contributed by atoms with Gasteiger partial charge in [-0.25, -0.2) is 5.84 Å². The van der Waals surface area contributed by atoms with Gasteiger partial charge in [-0.1, -0.05) is 0 Å². The van der Waals surface area contributed by atoms with Crippen LogP contribution in [0.3, 0.4) is 0 Å². The molecule has 1 heterocycles. The predicted octanol–water partition coefficient (Wildman–Crippen LogP) is -0.279. The summed E-state index contributed by atoms with van der Waals surface area (Å²) in [5.74, 6) is 5.74. The van der Waals surface area contributed by atoms with E-state index < -0.39 is 0 Å². The first kappa shape index (κ1) is 11.0. The van der Waals surface area contributed by atoms with Crippen LogP contribution in [0, 0.1) is 0 Å². The molecule has 7 heteroatoms. The number of hydrazine groups is 1. The maximum atomic E-state index is 5.21. The van der Waals surface area contributed by atoms with Crippen molar-refractivity contribution in [1.82, 2.24) is 20.5 Å². The first-order valence-electron chi connectivity index (χ1n) is 4.02. The van der Waals surface area contributed by atoms with Gasteiger partial charge >= 0.3 is 0 Å². The number of nitrogens with zero attached hydrogens (tertiary/aromatic N) is 3. The van der Waals surface area contributed by atoms with Crippen molar-refractivity contribution in [3.63, 3.8) is 0 Å². The summed E-state index contributed by atoms with van der Waals surface area (Å²) in [5, 5.41) is 7.23. The maximum absolute atomic E-state index is 5.21. The Kier molecular flexibility index (Phi) is 3.90. The standard InChI is InChI=1S/C7H13BrN6/c1-10-7(12-9)11-3-6-5(8)4-14(2)13-6/h4H,3,9H2,1-2H3,(H2,10,11,12). The summed E-state index contributed by atoms with van der Waals surface area (Å²) in [5.41, 5.74) is 3.34. The molecule has 0 amide bonds. The van der Waals surface area contributed by atoms with Crippen molar-refractivity contribution in [3.05, 3.63) is 16.4 Å². The zero-order valence-electron chi connectivity index (χ0n) is 8.08. The van der Waals surface area contributed by atoms with Crippen LogP contribution in [0.5, 0.6) is 0 Å². The van der Waals surface area contributed by atoms with Gasteiger partial charge in [-0.3, -0.25) is 15.1 Å². The number of aliphatic imine (C=N–C) groups is 1. The molecule has 0 aliphatic rings. The topological polar surface area (TPSA) is 80.3 Å². The molecule has 1 aromatic rings. The van der Waals surface area contributed by atoms with Crippen molar-refractivity contribution in [2.24, 2.45) is 17.9 Å². The minimum absolute atomic E-state index is 0.530. The van der Waals surface area contributed by atoms with Crippen molar-refractivity contribution < 1.29 is 0 Å². The predicted molar refractivity (Wildman–Crippen MR) is 58.4 cm³/mol. The van der Waals surface area contributed by atoms with Crippen LogP contribution in [0.25, 0.3) is 0 Å². The Labute approximate surface area is 90.7 Å². The molecule has 0 fully saturated rings. The highest BCUT2D eigenvalue weighted by atomic mass is 79.9. The molecule has 0 unspecified atom stereocenters. The van der Waals surface area contributed by atoms with Crippen molar-refractivity contribution in [1.29, 1.82) is 0 Å². The second kappa shape index (κ2) is 4.97. The highest BCUT2D eigenvalue weighted by molar-refractivity contribution is 9.10. The average molecular weight is 261 g/mol. The van der Waals surface area contributed by atoms with Crippen LogP contribution in [-0.2, 0) is 13.6 Å². The molecule has 0 saturated carbocycles. The fraction of sp³-hybridized carbons (Fsp3) is 0.429. The van der Waals surface area contributed by atoms with Crippen molar-refractivity contribution >= 4 is 21.9 Å². The summed E-state index contributed by atoms with van der Waals surface area (Å²) in [7, 11) is 3.51. The molecule has 1 aromatic heterocycles. The molecule has 0 saturated heterocycles. The molecular formula is C7H13BrN6. The third-order valence-corrected chi connectivity index (χ3v) is 2.30. The monoisotopic (exact) mass is 260 g/mol. The number of guanidine groups is 1. The van der Waals surface area contributed by atoms with Gasteiger partial charge in [0.15, 0.2) is 0 Å². The number of aryl methyl sites for hydroxylation is 1. The van der Waals surface area contributed by atoms with E-state index in [1.807, 2.05) is 13.2 Å². The Morgan fingerprint density at radius 2 is 2.50 bits per heavy atom. The normalized spacial score (nSPS) is 11.6. The van der Waals surface area contributed by atoms with Crippen molar-refractivity contribution in [3.8, 4) is 0 Å². The Morgan fingerprint density at radius 1 is 1.79 bits per heavy atom. The van der Waals surface area contributed by atoms with E-state index in [0.717, 1.165) is 10.2 Å². The molecule has 0 radical (unpaired) electrons. The van der Waals surface area contributed by atoms with E-state index in [0.29, 0.717) is 12.5 Å². The lowest BCUT2D eigenvalue weighted by Crippen LogP contribution is -2.41. The van der Waals surface area contributed by atoms with Crippen molar-refractivity contribution in [2.45, 2.75) is 6.54 Å². The van der Waals surface area contributed by atoms with E-state index in [1.54, 1.807) is 11.7 Å². The zero-order chi connectivity index (χ0) is 10.6. The van der Waals surface area contributed by atoms with E-state index >= 15 is 0 Å². The second-order valence-corrected chi connectivity index (χ2v) is 3.52. The molecule has 0 aromatic carbocycles. The highest BCUT2D eigenvalue weighted by Crippen LogP contribution is 2.13. The molecule has 0 bridgehead atoms. The third-order valence-electron chi connectivity index (χ3n) is 1.64. The van der Waals surface area contributed by atoms with Gasteiger partial charge in [0.2, 0.25) is 5.96 Å². The van der Waals surface area contributed by atoms with Crippen LogP contribution in [0.1, 0.15) is 5.69 Å². The van der Waals surface area contributed by atoms with Crippen LogP contribution in [0.15, 0.2) is 15.7 Å². The highest BCUT2D eigenvalue weighted by Gasteiger charge is 2.04. The third kappa shape index (κ3) is 2.71. The number of rotatable bonds is 2. The first-order valence-corrected chi connectivity index (χ1v) is 4.82. The Hall–Kier alpha value is -1.08. The van der Waals surface area contributed by atoms with Gasteiger partial charge in [0.25, 0.3) is 0 Å². The van der Waals surface area contributed by atoms with E-state index in [2.05, 4.69) is 36.8 Å². The lowest BCUT2D eigenvalue weighted by Gasteiger charge is -2.06. The molecule has 6 nitrogen and oxygen atoms in total. The Balaban J connectivity index is 2.57. The van der Waals surface area contributed by atoms with Crippen LogP contribution in [0.2, 0.25) is 0 Å². The van der Waals surface area contributed by atoms with Gasteiger partial charge in [0, 0.05) is 20.3 Å². The minimum Gasteiger partial charge on any atom is -0.350 e. The summed E-state index contributed by atoms with van der Waals surface area (Å²) in [4.78, 5) is 3.88. The fourth-order valence-corrected chi connectivity index (χ4v) is 1.50. The lowest BCUT2D eigenvalue weighted by molar-refractivity contribution is 0.724. The lowest BCUT2D eigenvalue weighted by atomic mass is 10.4. The SMILES string of the molecule is CN=C(NN)NCc1nn(C)cc1Br.